The van der Waals surface area contributed by atoms with E-state index in [4.69, 9.17) is 16.6 Å². The summed E-state index contributed by atoms with van der Waals surface area (Å²) >= 11 is 6.37. The van der Waals surface area contributed by atoms with E-state index in [1.807, 2.05) is 23.1 Å². The van der Waals surface area contributed by atoms with Gasteiger partial charge in [-0.3, -0.25) is 9.79 Å². The smallest absolute Gasteiger partial charge is 0.219 e. The number of carbonyl (C=O) groups is 1. The fourth-order valence-corrected chi connectivity index (χ4v) is 3.42. The van der Waals surface area contributed by atoms with Crippen molar-refractivity contribution >= 4 is 23.5 Å². The van der Waals surface area contributed by atoms with Gasteiger partial charge in [-0.15, -0.1) is 0 Å². The summed E-state index contributed by atoms with van der Waals surface area (Å²) in [6.07, 6.45) is 0. The fraction of sp³-hybridized carbons (Fsp3) is 0.579. The van der Waals surface area contributed by atoms with Crippen LogP contribution >= 0.6 is 11.6 Å². The third-order valence-corrected chi connectivity index (χ3v) is 4.92. The molecule has 1 aromatic carbocycles. The predicted octanol–water partition coefficient (Wildman–Crippen LogP) is 2.75. The van der Waals surface area contributed by atoms with Crippen molar-refractivity contribution in [3.63, 3.8) is 0 Å². The van der Waals surface area contributed by atoms with Crippen molar-refractivity contribution in [2.24, 2.45) is 4.99 Å². The molecule has 1 fully saturated rings. The fourth-order valence-electron chi connectivity index (χ4n) is 3.03. The minimum absolute atomic E-state index is 0.140. The molecule has 0 atom stereocenters. The molecule has 2 rings (SSSR count). The van der Waals surface area contributed by atoms with E-state index >= 15 is 0 Å². The number of guanidine groups is 1. The van der Waals surface area contributed by atoms with Gasteiger partial charge < -0.3 is 15.1 Å². The largest absolute Gasteiger partial charge is 0.357 e. The van der Waals surface area contributed by atoms with Crippen LogP contribution in [0.25, 0.3) is 0 Å². The Bertz CT molecular complexity index is 622. The minimum Gasteiger partial charge on any atom is -0.357 e. The van der Waals surface area contributed by atoms with Crippen LogP contribution in [-0.2, 0) is 10.2 Å². The van der Waals surface area contributed by atoms with E-state index in [2.05, 4.69) is 37.1 Å². The first-order valence-electron chi connectivity index (χ1n) is 8.89. The monoisotopic (exact) mass is 364 g/mol. The summed E-state index contributed by atoms with van der Waals surface area (Å²) < 4.78 is 0. The Morgan fingerprint density at radius 1 is 1.20 bits per heavy atom. The lowest BCUT2D eigenvalue weighted by molar-refractivity contribution is -0.130. The van der Waals surface area contributed by atoms with Gasteiger partial charge in [0.05, 0.1) is 6.54 Å². The van der Waals surface area contributed by atoms with E-state index < -0.39 is 0 Å². The highest BCUT2D eigenvalue weighted by Crippen LogP contribution is 2.30. The van der Waals surface area contributed by atoms with E-state index in [0.29, 0.717) is 6.54 Å². The van der Waals surface area contributed by atoms with Gasteiger partial charge >= 0.3 is 0 Å². The van der Waals surface area contributed by atoms with Gasteiger partial charge in [0.15, 0.2) is 5.96 Å². The van der Waals surface area contributed by atoms with Gasteiger partial charge in [-0.2, -0.15) is 0 Å². The maximum absolute atomic E-state index is 11.5. The van der Waals surface area contributed by atoms with Gasteiger partial charge in [-0.1, -0.05) is 43.6 Å². The van der Waals surface area contributed by atoms with Gasteiger partial charge in [0.2, 0.25) is 5.91 Å². The minimum atomic E-state index is -0.153. The molecule has 0 aliphatic carbocycles. The van der Waals surface area contributed by atoms with E-state index in [1.54, 1.807) is 6.92 Å². The highest BCUT2D eigenvalue weighted by Gasteiger charge is 2.25. The molecule has 5 nitrogen and oxygen atoms in total. The third-order valence-electron chi connectivity index (χ3n) is 4.59. The van der Waals surface area contributed by atoms with Gasteiger partial charge in [0.1, 0.15) is 0 Å². The Hall–Kier alpha value is -1.75. The molecule has 1 saturated heterocycles. The topological polar surface area (TPSA) is 47.9 Å². The number of aliphatic imine (C=N–C) groups is 1. The molecule has 1 amide bonds. The van der Waals surface area contributed by atoms with Crippen LogP contribution in [0.3, 0.4) is 0 Å². The molecule has 0 spiro atoms. The second-order valence-electron chi connectivity index (χ2n) is 7.03. The molecule has 6 heteroatoms. The van der Waals surface area contributed by atoms with E-state index in [-0.39, 0.29) is 11.3 Å². The summed E-state index contributed by atoms with van der Waals surface area (Å²) in [5.74, 6) is 1.05. The van der Waals surface area contributed by atoms with Crippen molar-refractivity contribution in [1.82, 2.24) is 15.1 Å². The number of hydrogen-bond donors (Lipinski definition) is 1. The maximum atomic E-state index is 11.5. The number of hydrogen-bond acceptors (Lipinski definition) is 2. The molecule has 0 unspecified atom stereocenters. The van der Waals surface area contributed by atoms with Crippen LogP contribution in [0.15, 0.2) is 29.3 Å². The van der Waals surface area contributed by atoms with Crippen molar-refractivity contribution in [3.8, 4) is 0 Å². The SMILES string of the molecule is CCNC(=NCC(C)(C)c1ccccc1Cl)N1CCN(C(C)=O)CC1. The molecule has 1 heterocycles. The summed E-state index contributed by atoms with van der Waals surface area (Å²) in [7, 11) is 0. The third kappa shape index (κ3) is 5.11. The molecule has 0 aromatic heterocycles. The normalized spacial score (nSPS) is 16.1. The van der Waals surface area contributed by atoms with Crippen molar-refractivity contribution < 1.29 is 4.79 Å². The van der Waals surface area contributed by atoms with Crippen LogP contribution < -0.4 is 5.32 Å². The number of halogens is 1. The zero-order valence-corrected chi connectivity index (χ0v) is 16.4. The first-order chi connectivity index (χ1) is 11.8. The van der Waals surface area contributed by atoms with Gasteiger partial charge in [0.25, 0.3) is 0 Å². The van der Waals surface area contributed by atoms with Crippen LogP contribution in [0.1, 0.15) is 33.3 Å². The lowest BCUT2D eigenvalue weighted by Crippen LogP contribution is -2.53. The van der Waals surface area contributed by atoms with Crippen LogP contribution in [-0.4, -0.2) is 60.9 Å². The van der Waals surface area contributed by atoms with Crippen molar-refractivity contribution in [2.75, 3.05) is 39.3 Å². The Morgan fingerprint density at radius 2 is 1.80 bits per heavy atom. The molecule has 1 aliphatic heterocycles. The van der Waals surface area contributed by atoms with Gasteiger partial charge in [-0.25, -0.2) is 0 Å². The zero-order chi connectivity index (χ0) is 18.4. The molecule has 0 radical (unpaired) electrons. The predicted molar refractivity (Wildman–Crippen MR) is 104 cm³/mol. The first kappa shape index (κ1) is 19.6. The standard InChI is InChI=1S/C19H29ClN4O/c1-5-21-18(24-12-10-23(11-13-24)15(2)25)22-14-19(3,4)16-8-6-7-9-17(16)20/h6-9H,5,10-14H2,1-4H3,(H,21,22). The van der Waals surface area contributed by atoms with Crippen LogP contribution in [0.2, 0.25) is 5.02 Å². The Kier molecular flexibility index (Phi) is 6.71. The molecule has 1 aromatic rings. The number of piperazine rings is 1. The van der Waals surface area contributed by atoms with E-state index in [0.717, 1.165) is 49.3 Å². The van der Waals surface area contributed by atoms with Gasteiger partial charge in [-0.05, 0) is 18.6 Å². The van der Waals surface area contributed by atoms with Crippen molar-refractivity contribution in [2.45, 2.75) is 33.1 Å². The lowest BCUT2D eigenvalue weighted by atomic mass is 9.85. The molecule has 0 bridgehead atoms. The van der Waals surface area contributed by atoms with Crippen molar-refractivity contribution in [1.29, 1.82) is 0 Å². The number of amides is 1. The number of benzene rings is 1. The summed E-state index contributed by atoms with van der Waals surface area (Å²) in [5, 5.41) is 4.15. The average molecular weight is 365 g/mol. The van der Waals surface area contributed by atoms with Gasteiger partial charge in [0, 0.05) is 50.1 Å². The number of carbonyl (C=O) groups excluding carboxylic acids is 1. The van der Waals surface area contributed by atoms with E-state index in [1.165, 1.54) is 0 Å². The summed E-state index contributed by atoms with van der Waals surface area (Å²) in [6.45, 7) is 12.6. The lowest BCUT2D eigenvalue weighted by Gasteiger charge is -2.36. The average Bonchev–Trinajstić information content (AvgIpc) is 2.59. The molecular weight excluding hydrogens is 336 g/mol. The van der Waals surface area contributed by atoms with Crippen molar-refractivity contribution in [3.05, 3.63) is 34.9 Å². The Balaban J connectivity index is 2.09. The molecule has 1 aliphatic rings. The Morgan fingerprint density at radius 3 is 2.36 bits per heavy atom. The quantitative estimate of drug-likeness (QED) is 0.660. The molecule has 138 valence electrons. The zero-order valence-electron chi connectivity index (χ0n) is 15.7. The highest BCUT2D eigenvalue weighted by atomic mass is 35.5. The number of rotatable bonds is 4. The molecule has 1 N–H and O–H groups in total. The van der Waals surface area contributed by atoms with Crippen LogP contribution in [0.5, 0.6) is 0 Å². The first-order valence-corrected chi connectivity index (χ1v) is 9.26. The molecular formula is C19H29ClN4O. The highest BCUT2D eigenvalue weighted by molar-refractivity contribution is 6.31. The summed E-state index contributed by atoms with van der Waals surface area (Å²) in [4.78, 5) is 20.5. The Labute approximate surface area is 156 Å². The second-order valence-corrected chi connectivity index (χ2v) is 7.43. The summed E-state index contributed by atoms with van der Waals surface area (Å²) in [5.41, 5.74) is 0.956. The van der Waals surface area contributed by atoms with E-state index in [9.17, 15) is 4.79 Å². The van der Waals surface area contributed by atoms with Crippen LogP contribution in [0, 0.1) is 0 Å². The van der Waals surface area contributed by atoms with Crippen LogP contribution in [0.4, 0.5) is 0 Å². The maximum Gasteiger partial charge on any atom is 0.219 e. The number of nitrogens with one attached hydrogen (secondary N) is 1. The number of nitrogens with zero attached hydrogens (tertiary/aromatic N) is 3. The summed E-state index contributed by atoms with van der Waals surface area (Å²) in [6, 6.07) is 7.95. The molecule has 25 heavy (non-hydrogen) atoms. The second kappa shape index (κ2) is 8.56. The molecule has 0 saturated carbocycles.